The Morgan fingerprint density at radius 2 is 2.04 bits per heavy atom. The average Bonchev–Trinajstić information content (AvgIpc) is 3.03. The summed E-state index contributed by atoms with van der Waals surface area (Å²) >= 11 is 0. The fraction of sp³-hybridized carbons (Fsp3) is 0.556. The normalized spacial score (nSPS) is 25.6. The van der Waals surface area contributed by atoms with Gasteiger partial charge in [-0.2, -0.15) is 0 Å². The molecule has 0 aromatic heterocycles. The molecule has 0 radical (unpaired) electrons. The molecule has 0 aliphatic carbocycles. The first-order valence-electron chi connectivity index (χ1n) is 8.78. The topological polar surface area (TPSA) is 88.7 Å². The summed E-state index contributed by atoms with van der Waals surface area (Å²) in [5.74, 6) is -0.121. The highest BCUT2D eigenvalue weighted by molar-refractivity contribution is 5.95. The van der Waals surface area contributed by atoms with Crippen LogP contribution < -0.4 is 16.0 Å². The molecule has 2 aliphatic heterocycles. The number of rotatable bonds is 4. The van der Waals surface area contributed by atoms with Crippen molar-refractivity contribution in [2.75, 3.05) is 31.7 Å². The van der Waals surface area contributed by atoms with Crippen molar-refractivity contribution in [3.63, 3.8) is 0 Å². The Kier molecular flexibility index (Phi) is 5.55. The van der Waals surface area contributed by atoms with Gasteiger partial charge in [0.05, 0.1) is 12.2 Å². The number of carbonyl (C=O) groups is 2. The first-order chi connectivity index (χ1) is 12.1. The molecule has 136 valence electrons. The van der Waals surface area contributed by atoms with Crippen molar-refractivity contribution in [2.24, 2.45) is 0 Å². The molecule has 3 amide bonds. The van der Waals surface area contributed by atoms with E-state index in [0.717, 1.165) is 25.9 Å². The van der Waals surface area contributed by atoms with E-state index in [4.69, 9.17) is 9.47 Å². The zero-order chi connectivity index (χ0) is 17.7. The highest BCUT2D eigenvalue weighted by Gasteiger charge is 2.41. The molecule has 1 spiro atoms. The number of urea groups is 1. The number of ether oxygens (including phenoxy) is 2. The van der Waals surface area contributed by atoms with Gasteiger partial charge in [-0.25, -0.2) is 4.79 Å². The first kappa shape index (κ1) is 17.7. The summed E-state index contributed by atoms with van der Waals surface area (Å²) in [6.07, 6.45) is 2.45. The molecule has 2 fully saturated rings. The smallest absolute Gasteiger partial charge is 0.319 e. The van der Waals surface area contributed by atoms with E-state index < -0.39 is 0 Å². The lowest BCUT2D eigenvalue weighted by Crippen LogP contribution is -2.49. The molecule has 3 N–H and O–H groups in total. The maximum Gasteiger partial charge on any atom is 0.319 e. The monoisotopic (exact) mass is 347 g/mol. The van der Waals surface area contributed by atoms with Gasteiger partial charge in [0.25, 0.3) is 5.91 Å². The van der Waals surface area contributed by atoms with Gasteiger partial charge in [-0.15, -0.1) is 0 Å². The summed E-state index contributed by atoms with van der Waals surface area (Å²) in [7, 11) is 0. The maximum absolute atomic E-state index is 12.2. The van der Waals surface area contributed by atoms with Crippen LogP contribution in [0.1, 0.15) is 36.5 Å². The lowest BCUT2D eigenvalue weighted by atomic mass is 9.90. The number of carbonyl (C=O) groups excluding carboxylic acids is 2. The van der Waals surface area contributed by atoms with Gasteiger partial charge in [-0.1, -0.05) is 0 Å². The molecule has 1 aromatic carbocycles. The molecular formula is C18H25N3O4. The maximum atomic E-state index is 12.2. The number of hydrogen-bond donors (Lipinski definition) is 3. The summed E-state index contributed by atoms with van der Waals surface area (Å²) in [4.78, 5) is 24.0. The van der Waals surface area contributed by atoms with Crippen molar-refractivity contribution >= 4 is 17.6 Å². The lowest BCUT2D eigenvalue weighted by Gasteiger charge is -2.37. The molecule has 7 nitrogen and oxygen atoms in total. The van der Waals surface area contributed by atoms with E-state index in [1.54, 1.807) is 24.3 Å². The molecule has 1 aromatic rings. The third-order valence-electron chi connectivity index (χ3n) is 4.64. The fourth-order valence-corrected chi connectivity index (χ4v) is 3.33. The summed E-state index contributed by atoms with van der Waals surface area (Å²) in [6, 6.07) is 6.66. The van der Waals surface area contributed by atoms with Crippen LogP contribution in [0.25, 0.3) is 0 Å². The zero-order valence-electron chi connectivity index (χ0n) is 14.5. The second kappa shape index (κ2) is 7.84. The quantitative estimate of drug-likeness (QED) is 0.776. The number of anilines is 1. The molecule has 0 bridgehead atoms. The second-order valence-electron chi connectivity index (χ2n) is 6.56. The van der Waals surface area contributed by atoms with Crippen LogP contribution >= 0.6 is 0 Å². The average molecular weight is 347 g/mol. The second-order valence-corrected chi connectivity index (χ2v) is 6.56. The largest absolute Gasteiger partial charge is 0.378 e. The third kappa shape index (κ3) is 4.49. The number of benzene rings is 1. The van der Waals surface area contributed by atoms with Crippen molar-refractivity contribution in [1.29, 1.82) is 0 Å². The van der Waals surface area contributed by atoms with Crippen LogP contribution in [-0.2, 0) is 9.47 Å². The van der Waals surface area contributed by atoms with Crippen LogP contribution in [-0.4, -0.2) is 49.9 Å². The minimum absolute atomic E-state index is 0.0741. The molecule has 2 saturated heterocycles. The van der Waals surface area contributed by atoms with Crippen LogP contribution in [0.3, 0.4) is 0 Å². The third-order valence-corrected chi connectivity index (χ3v) is 4.64. The number of nitrogens with one attached hydrogen (secondary N) is 3. The van der Waals surface area contributed by atoms with E-state index in [9.17, 15) is 9.59 Å². The summed E-state index contributed by atoms with van der Waals surface area (Å²) in [5.41, 5.74) is 0.988. The van der Waals surface area contributed by atoms with Crippen molar-refractivity contribution in [2.45, 2.75) is 37.8 Å². The van der Waals surface area contributed by atoms with Crippen LogP contribution in [0.2, 0.25) is 0 Å². The Bertz CT molecular complexity index is 611. The summed E-state index contributed by atoms with van der Waals surface area (Å²) < 4.78 is 11.3. The van der Waals surface area contributed by atoms with Gasteiger partial charge in [0, 0.05) is 43.5 Å². The molecule has 7 heteroatoms. The van der Waals surface area contributed by atoms with Crippen molar-refractivity contribution in [3.05, 3.63) is 29.8 Å². The SMILES string of the molecule is CCNC(=O)c1ccc(NC(=O)N[C@@H]2CCO[C@@]3(CCOC3)C2)cc1. The van der Waals surface area contributed by atoms with Gasteiger partial charge in [0.15, 0.2) is 0 Å². The Hall–Kier alpha value is -2.12. The molecular weight excluding hydrogens is 322 g/mol. The van der Waals surface area contributed by atoms with Gasteiger partial charge in [-0.3, -0.25) is 4.79 Å². The molecule has 2 atom stereocenters. The Morgan fingerprint density at radius 1 is 1.24 bits per heavy atom. The van der Waals surface area contributed by atoms with Gasteiger partial charge >= 0.3 is 6.03 Å². The summed E-state index contributed by atoms with van der Waals surface area (Å²) in [6.45, 7) is 4.41. The van der Waals surface area contributed by atoms with E-state index >= 15 is 0 Å². The van der Waals surface area contributed by atoms with E-state index in [2.05, 4.69) is 16.0 Å². The Balaban J connectivity index is 1.51. The minimum Gasteiger partial charge on any atom is -0.378 e. The van der Waals surface area contributed by atoms with Crippen molar-refractivity contribution in [1.82, 2.24) is 10.6 Å². The van der Waals surface area contributed by atoms with Gasteiger partial charge in [0.2, 0.25) is 0 Å². The van der Waals surface area contributed by atoms with E-state index in [1.807, 2.05) is 6.92 Å². The van der Waals surface area contributed by atoms with Gasteiger partial charge in [0.1, 0.15) is 0 Å². The van der Waals surface area contributed by atoms with Crippen LogP contribution in [0.4, 0.5) is 10.5 Å². The number of hydrogen-bond acceptors (Lipinski definition) is 4. The van der Waals surface area contributed by atoms with E-state index in [0.29, 0.717) is 31.0 Å². The van der Waals surface area contributed by atoms with E-state index in [-0.39, 0.29) is 23.6 Å². The van der Waals surface area contributed by atoms with Crippen LogP contribution in [0, 0.1) is 0 Å². The zero-order valence-corrected chi connectivity index (χ0v) is 14.5. The van der Waals surface area contributed by atoms with Crippen molar-refractivity contribution in [3.8, 4) is 0 Å². The van der Waals surface area contributed by atoms with Gasteiger partial charge < -0.3 is 25.4 Å². The molecule has 25 heavy (non-hydrogen) atoms. The van der Waals surface area contributed by atoms with E-state index in [1.165, 1.54) is 0 Å². The predicted octanol–water partition coefficient (Wildman–Crippen LogP) is 1.90. The first-order valence-corrected chi connectivity index (χ1v) is 8.78. The van der Waals surface area contributed by atoms with Gasteiger partial charge in [-0.05, 0) is 44.0 Å². The lowest BCUT2D eigenvalue weighted by molar-refractivity contribution is -0.0877. The van der Waals surface area contributed by atoms with Crippen LogP contribution in [0.5, 0.6) is 0 Å². The van der Waals surface area contributed by atoms with Crippen LogP contribution in [0.15, 0.2) is 24.3 Å². The standard InChI is InChI=1S/C18H25N3O4/c1-2-19-16(22)13-3-5-14(6-4-13)20-17(23)21-15-7-9-25-18(11-15)8-10-24-12-18/h3-6,15H,2,7-12H2,1H3,(H,19,22)(H2,20,21,23)/t15-,18+/m1/s1. The number of amides is 3. The molecule has 2 heterocycles. The highest BCUT2D eigenvalue weighted by Crippen LogP contribution is 2.32. The highest BCUT2D eigenvalue weighted by atomic mass is 16.6. The van der Waals surface area contributed by atoms with Crippen molar-refractivity contribution < 1.29 is 19.1 Å². The Morgan fingerprint density at radius 3 is 2.72 bits per heavy atom. The molecule has 3 rings (SSSR count). The molecule has 2 aliphatic rings. The fourth-order valence-electron chi connectivity index (χ4n) is 3.33. The molecule has 0 unspecified atom stereocenters. The Labute approximate surface area is 147 Å². The minimum atomic E-state index is -0.244. The predicted molar refractivity (Wildman–Crippen MR) is 93.7 cm³/mol. The summed E-state index contributed by atoms with van der Waals surface area (Å²) in [5, 5.41) is 8.56. The molecule has 0 saturated carbocycles.